The zero-order valence-corrected chi connectivity index (χ0v) is 12.3. The van der Waals surface area contributed by atoms with Crippen LogP contribution >= 0.6 is 11.6 Å². The highest BCUT2D eigenvalue weighted by Crippen LogP contribution is 2.20. The first-order valence-electron chi connectivity index (χ1n) is 6.20. The molecule has 20 heavy (non-hydrogen) atoms. The highest BCUT2D eigenvalue weighted by atomic mass is 35.5. The minimum atomic E-state index is -0.197. The van der Waals surface area contributed by atoms with Crippen molar-refractivity contribution in [3.05, 3.63) is 45.8 Å². The number of hydrogen-bond donors (Lipinski definition) is 2. The SMILES string of the molecule is CNc1ccc(Cl)cc1C(=O)NCc1c(C)noc1C. The van der Waals surface area contributed by atoms with E-state index < -0.39 is 0 Å². The van der Waals surface area contributed by atoms with E-state index in [1.54, 1.807) is 25.2 Å². The average molecular weight is 294 g/mol. The van der Waals surface area contributed by atoms with Crippen molar-refractivity contribution < 1.29 is 9.32 Å². The summed E-state index contributed by atoms with van der Waals surface area (Å²) in [5, 5.41) is 10.2. The number of aryl methyl sites for hydroxylation is 2. The third-order valence-corrected chi connectivity index (χ3v) is 3.34. The van der Waals surface area contributed by atoms with E-state index in [0.29, 0.717) is 22.9 Å². The number of carbonyl (C=O) groups excluding carboxylic acids is 1. The normalized spacial score (nSPS) is 10.4. The van der Waals surface area contributed by atoms with Crippen LogP contribution in [0, 0.1) is 13.8 Å². The molecular formula is C14H16ClN3O2. The van der Waals surface area contributed by atoms with Crippen LogP contribution in [0.3, 0.4) is 0 Å². The number of amides is 1. The van der Waals surface area contributed by atoms with Gasteiger partial charge < -0.3 is 15.2 Å². The van der Waals surface area contributed by atoms with Gasteiger partial charge in [0.25, 0.3) is 5.91 Å². The Morgan fingerprint density at radius 2 is 2.15 bits per heavy atom. The molecule has 1 heterocycles. The van der Waals surface area contributed by atoms with Crippen molar-refractivity contribution in [3.8, 4) is 0 Å². The van der Waals surface area contributed by atoms with Crippen molar-refractivity contribution in [2.75, 3.05) is 12.4 Å². The second-order valence-electron chi connectivity index (χ2n) is 4.43. The van der Waals surface area contributed by atoms with Crippen LogP contribution in [0.25, 0.3) is 0 Å². The van der Waals surface area contributed by atoms with Crippen LogP contribution in [0.1, 0.15) is 27.4 Å². The summed E-state index contributed by atoms with van der Waals surface area (Å²) >= 11 is 5.94. The number of nitrogens with one attached hydrogen (secondary N) is 2. The van der Waals surface area contributed by atoms with Gasteiger partial charge in [0.1, 0.15) is 5.76 Å². The van der Waals surface area contributed by atoms with Gasteiger partial charge in [-0.15, -0.1) is 0 Å². The highest BCUT2D eigenvalue weighted by Gasteiger charge is 2.14. The Labute approximate surface area is 122 Å². The first-order valence-corrected chi connectivity index (χ1v) is 6.58. The summed E-state index contributed by atoms with van der Waals surface area (Å²) in [5.41, 5.74) is 2.91. The van der Waals surface area contributed by atoms with Crippen molar-refractivity contribution in [1.82, 2.24) is 10.5 Å². The number of hydrogen-bond acceptors (Lipinski definition) is 4. The molecule has 0 aliphatic carbocycles. The lowest BCUT2D eigenvalue weighted by molar-refractivity contribution is 0.0951. The number of halogens is 1. The summed E-state index contributed by atoms with van der Waals surface area (Å²) in [7, 11) is 1.76. The van der Waals surface area contributed by atoms with Crippen molar-refractivity contribution in [2.24, 2.45) is 0 Å². The zero-order valence-electron chi connectivity index (χ0n) is 11.6. The predicted octanol–water partition coefficient (Wildman–Crippen LogP) is 2.92. The zero-order chi connectivity index (χ0) is 14.7. The molecule has 0 bridgehead atoms. The van der Waals surface area contributed by atoms with E-state index in [0.717, 1.165) is 16.9 Å². The third-order valence-electron chi connectivity index (χ3n) is 3.10. The number of nitrogens with zero attached hydrogens (tertiary/aromatic N) is 1. The largest absolute Gasteiger partial charge is 0.387 e. The molecule has 106 valence electrons. The summed E-state index contributed by atoms with van der Waals surface area (Å²) in [4.78, 5) is 12.2. The molecule has 0 aliphatic heterocycles. The Morgan fingerprint density at radius 1 is 1.40 bits per heavy atom. The molecule has 2 aromatic rings. The number of anilines is 1. The van der Waals surface area contributed by atoms with E-state index in [2.05, 4.69) is 15.8 Å². The summed E-state index contributed by atoms with van der Waals surface area (Å²) in [6.07, 6.45) is 0. The molecule has 0 unspecified atom stereocenters. The van der Waals surface area contributed by atoms with Gasteiger partial charge in [-0.3, -0.25) is 4.79 Å². The quantitative estimate of drug-likeness (QED) is 0.909. The molecule has 1 aromatic heterocycles. The van der Waals surface area contributed by atoms with Crippen LogP contribution in [0.15, 0.2) is 22.7 Å². The first-order chi connectivity index (χ1) is 9.52. The van der Waals surface area contributed by atoms with Gasteiger partial charge in [0.05, 0.1) is 11.3 Å². The lowest BCUT2D eigenvalue weighted by atomic mass is 10.1. The highest BCUT2D eigenvalue weighted by molar-refractivity contribution is 6.31. The van der Waals surface area contributed by atoms with E-state index >= 15 is 0 Å². The van der Waals surface area contributed by atoms with Crippen LogP contribution in [-0.2, 0) is 6.54 Å². The molecule has 5 nitrogen and oxygen atoms in total. The lowest BCUT2D eigenvalue weighted by Gasteiger charge is -2.10. The molecule has 6 heteroatoms. The minimum absolute atomic E-state index is 0.197. The van der Waals surface area contributed by atoms with Crippen molar-refractivity contribution in [3.63, 3.8) is 0 Å². The molecule has 0 spiro atoms. The summed E-state index contributed by atoms with van der Waals surface area (Å²) in [5.74, 6) is 0.514. The van der Waals surface area contributed by atoms with Gasteiger partial charge in [-0.2, -0.15) is 0 Å². The van der Waals surface area contributed by atoms with E-state index in [1.807, 2.05) is 13.8 Å². The maximum Gasteiger partial charge on any atom is 0.253 e. The lowest BCUT2D eigenvalue weighted by Crippen LogP contribution is -2.24. The summed E-state index contributed by atoms with van der Waals surface area (Å²) in [6.45, 7) is 4.03. The Bertz CT molecular complexity index is 618. The Hall–Kier alpha value is -2.01. The van der Waals surface area contributed by atoms with Crippen LogP contribution < -0.4 is 10.6 Å². The van der Waals surface area contributed by atoms with Gasteiger partial charge in [0.15, 0.2) is 0 Å². The van der Waals surface area contributed by atoms with Gasteiger partial charge >= 0.3 is 0 Å². The van der Waals surface area contributed by atoms with E-state index in [1.165, 1.54) is 0 Å². The van der Waals surface area contributed by atoms with Crippen molar-refractivity contribution in [1.29, 1.82) is 0 Å². The van der Waals surface area contributed by atoms with E-state index in [4.69, 9.17) is 16.1 Å². The van der Waals surface area contributed by atoms with Gasteiger partial charge in [-0.1, -0.05) is 16.8 Å². The molecule has 1 aromatic carbocycles. The van der Waals surface area contributed by atoms with E-state index in [-0.39, 0.29) is 5.91 Å². The van der Waals surface area contributed by atoms with E-state index in [9.17, 15) is 4.79 Å². The molecular weight excluding hydrogens is 278 g/mol. The maximum atomic E-state index is 12.2. The number of benzene rings is 1. The predicted molar refractivity (Wildman–Crippen MR) is 78.1 cm³/mol. The third kappa shape index (κ3) is 2.93. The van der Waals surface area contributed by atoms with Gasteiger partial charge in [-0.05, 0) is 32.0 Å². The molecule has 1 amide bonds. The topological polar surface area (TPSA) is 67.2 Å². The standard InChI is InChI=1S/C14H16ClN3O2/c1-8-12(9(2)20-18-8)7-17-14(19)11-6-10(15)4-5-13(11)16-3/h4-6,16H,7H2,1-3H3,(H,17,19). The van der Waals surface area contributed by atoms with Gasteiger partial charge in [0.2, 0.25) is 0 Å². The van der Waals surface area contributed by atoms with Crippen LogP contribution in [0.2, 0.25) is 5.02 Å². The van der Waals surface area contributed by atoms with Crippen LogP contribution in [0.5, 0.6) is 0 Å². The fourth-order valence-electron chi connectivity index (χ4n) is 1.94. The van der Waals surface area contributed by atoms with Crippen molar-refractivity contribution >= 4 is 23.2 Å². The Morgan fingerprint density at radius 3 is 2.75 bits per heavy atom. The minimum Gasteiger partial charge on any atom is -0.387 e. The fourth-order valence-corrected chi connectivity index (χ4v) is 2.11. The number of rotatable bonds is 4. The second-order valence-corrected chi connectivity index (χ2v) is 4.86. The monoisotopic (exact) mass is 293 g/mol. The molecule has 0 radical (unpaired) electrons. The number of carbonyl (C=O) groups is 1. The number of aromatic nitrogens is 1. The smallest absolute Gasteiger partial charge is 0.253 e. The molecule has 0 atom stereocenters. The maximum absolute atomic E-state index is 12.2. The molecule has 0 saturated heterocycles. The second kappa shape index (κ2) is 5.96. The average Bonchev–Trinajstić information content (AvgIpc) is 2.75. The Balaban J connectivity index is 2.15. The summed E-state index contributed by atoms with van der Waals surface area (Å²) in [6, 6.07) is 5.14. The molecule has 0 fully saturated rings. The van der Waals surface area contributed by atoms with Gasteiger partial charge in [0, 0.05) is 29.9 Å². The van der Waals surface area contributed by atoms with Crippen molar-refractivity contribution in [2.45, 2.75) is 20.4 Å². The van der Waals surface area contributed by atoms with Crippen LogP contribution in [-0.4, -0.2) is 18.1 Å². The molecule has 2 N–H and O–H groups in total. The van der Waals surface area contributed by atoms with Gasteiger partial charge in [-0.25, -0.2) is 0 Å². The molecule has 2 rings (SSSR count). The molecule has 0 saturated carbocycles. The molecule has 0 aliphatic rings. The summed E-state index contributed by atoms with van der Waals surface area (Å²) < 4.78 is 5.06. The van der Waals surface area contributed by atoms with Crippen LogP contribution in [0.4, 0.5) is 5.69 Å². The fraction of sp³-hybridized carbons (Fsp3) is 0.286. The first kappa shape index (κ1) is 14.4. The Kier molecular flexibility index (Phi) is 4.29.